The number of methoxy groups -OCH3 is 1. The second kappa shape index (κ2) is 12.1. The average molecular weight is 670 g/mol. The number of hydrogen-bond acceptors (Lipinski definition) is 8. The summed E-state index contributed by atoms with van der Waals surface area (Å²) in [4.78, 5) is 17.2. The molecule has 0 aliphatic carbocycles. The van der Waals surface area contributed by atoms with Gasteiger partial charge in [0, 0.05) is 16.5 Å². The summed E-state index contributed by atoms with van der Waals surface area (Å²) in [5, 5.41) is 21.5. The van der Waals surface area contributed by atoms with Crippen molar-refractivity contribution in [3.8, 4) is 17.0 Å². The number of aromatic nitrogens is 3. The maximum Gasteiger partial charge on any atom is 0.424 e. The number of rotatable bonds is 9. The van der Waals surface area contributed by atoms with Gasteiger partial charge >= 0.3 is 6.18 Å². The smallest absolute Gasteiger partial charge is 0.424 e. The molecule has 0 aliphatic rings. The SMILES string of the molecule is COc1cc(C(=O)NC[C@@](O)(c2cc(C(C)(C)NS(C)(=O)=O)c(Cl)c(-c3ccc(F)cc3)n2)C(F)(F)F)cc2cc(C)nnc12. The van der Waals surface area contributed by atoms with E-state index in [9.17, 15) is 35.9 Å². The first-order valence-corrected chi connectivity index (χ1v) is 15.4. The molecule has 0 radical (unpaired) electrons. The van der Waals surface area contributed by atoms with Crippen LogP contribution in [-0.2, 0) is 21.2 Å². The lowest BCUT2D eigenvalue weighted by Crippen LogP contribution is -2.52. The molecule has 0 bridgehead atoms. The minimum Gasteiger partial charge on any atom is -0.494 e. The zero-order chi connectivity index (χ0) is 33.5. The molecule has 0 saturated carbocycles. The minimum absolute atomic E-state index is 0.0786. The van der Waals surface area contributed by atoms with Crippen molar-refractivity contribution in [2.24, 2.45) is 0 Å². The summed E-state index contributed by atoms with van der Waals surface area (Å²) in [5.41, 5.74) is -6.07. The number of hydrogen-bond donors (Lipinski definition) is 3. The summed E-state index contributed by atoms with van der Waals surface area (Å²) >= 11 is 6.58. The van der Waals surface area contributed by atoms with Gasteiger partial charge in [0.15, 0.2) is 0 Å². The van der Waals surface area contributed by atoms with Crippen LogP contribution in [0.15, 0.2) is 48.5 Å². The Hall–Kier alpha value is -3.92. The number of pyridine rings is 1. The molecule has 0 fully saturated rings. The molecule has 1 atom stereocenters. The van der Waals surface area contributed by atoms with Crippen molar-refractivity contribution in [2.45, 2.75) is 38.1 Å². The lowest BCUT2D eigenvalue weighted by atomic mass is 9.89. The van der Waals surface area contributed by atoms with Crippen LogP contribution in [0.4, 0.5) is 17.6 Å². The Morgan fingerprint density at radius 3 is 2.29 bits per heavy atom. The van der Waals surface area contributed by atoms with Gasteiger partial charge in [-0.2, -0.15) is 18.3 Å². The second-order valence-electron chi connectivity index (χ2n) is 10.9. The van der Waals surface area contributed by atoms with Crippen LogP contribution in [0.5, 0.6) is 5.75 Å². The Morgan fingerprint density at radius 1 is 1.07 bits per heavy atom. The summed E-state index contributed by atoms with van der Waals surface area (Å²) in [6.45, 7) is 2.96. The van der Waals surface area contributed by atoms with Crippen molar-refractivity contribution in [2.75, 3.05) is 19.9 Å². The summed E-state index contributed by atoms with van der Waals surface area (Å²) < 4.78 is 89.7. The summed E-state index contributed by atoms with van der Waals surface area (Å²) in [7, 11) is -2.60. The van der Waals surface area contributed by atoms with E-state index in [4.69, 9.17) is 16.3 Å². The molecule has 2 aromatic carbocycles. The number of carbonyl (C=O) groups excluding carboxylic acids is 1. The van der Waals surface area contributed by atoms with E-state index < -0.39 is 51.3 Å². The molecule has 2 aromatic heterocycles. The fourth-order valence-corrected chi connectivity index (χ4v) is 6.15. The fraction of sp³-hybridized carbons (Fsp3) is 0.310. The lowest BCUT2D eigenvalue weighted by molar-refractivity contribution is -0.265. The Kier molecular flexibility index (Phi) is 9.14. The van der Waals surface area contributed by atoms with Crippen LogP contribution in [-0.4, -0.2) is 60.7 Å². The topological polar surface area (TPSA) is 143 Å². The number of nitrogens with zero attached hydrogens (tertiary/aromatic N) is 3. The molecule has 0 spiro atoms. The molecule has 4 aromatic rings. The molecule has 2 heterocycles. The number of amides is 1. The van der Waals surface area contributed by atoms with Crippen LogP contribution in [0.3, 0.4) is 0 Å². The zero-order valence-electron chi connectivity index (χ0n) is 24.5. The van der Waals surface area contributed by atoms with Crippen molar-refractivity contribution in [1.82, 2.24) is 25.2 Å². The highest BCUT2D eigenvalue weighted by atomic mass is 35.5. The van der Waals surface area contributed by atoms with E-state index in [1.165, 1.54) is 45.2 Å². The average Bonchev–Trinajstić information content (AvgIpc) is 2.93. The van der Waals surface area contributed by atoms with E-state index >= 15 is 0 Å². The third-order valence-corrected chi connectivity index (χ3v) is 8.11. The van der Waals surface area contributed by atoms with Gasteiger partial charge < -0.3 is 15.2 Å². The number of sulfonamides is 1. The maximum atomic E-state index is 14.7. The first-order valence-electron chi connectivity index (χ1n) is 13.1. The predicted molar refractivity (Wildman–Crippen MR) is 159 cm³/mol. The third kappa shape index (κ3) is 7.16. The number of aryl methyl sites for hydroxylation is 1. The van der Waals surface area contributed by atoms with Gasteiger partial charge in [-0.1, -0.05) is 11.6 Å². The van der Waals surface area contributed by atoms with Gasteiger partial charge in [-0.15, -0.1) is 5.10 Å². The number of aliphatic hydroxyl groups is 1. The van der Waals surface area contributed by atoms with Crippen LogP contribution in [0.1, 0.15) is 41.2 Å². The van der Waals surface area contributed by atoms with Crippen molar-refractivity contribution < 1.29 is 40.6 Å². The Morgan fingerprint density at radius 2 is 1.71 bits per heavy atom. The highest BCUT2D eigenvalue weighted by Crippen LogP contribution is 2.43. The van der Waals surface area contributed by atoms with E-state index in [-0.39, 0.29) is 33.2 Å². The fourth-order valence-electron chi connectivity index (χ4n) is 4.68. The Bertz CT molecular complexity index is 1890. The van der Waals surface area contributed by atoms with Gasteiger partial charge in [0.25, 0.3) is 5.91 Å². The molecule has 0 aliphatic heterocycles. The summed E-state index contributed by atoms with van der Waals surface area (Å²) in [5.74, 6) is -1.49. The largest absolute Gasteiger partial charge is 0.494 e. The van der Waals surface area contributed by atoms with Gasteiger partial charge in [0.2, 0.25) is 15.6 Å². The molecular formula is C29H28ClF4N5O5S. The highest BCUT2D eigenvalue weighted by molar-refractivity contribution is 7.88. The van der Waals surface area contributed by atoms with E-state index in [1.807, 2.05) is 0 Å². The van der Waals surface area contributed by atoms with Gasteiger partial charge in [0.05, 0.1) is 47.6 Å². The van der Waals surface area contributed by atoms with E-state index in [1.54, 1.807) is 13.0 Å². The lowest BCUT2D eigenvalue weighted by Gasteiger charge is -2.33. The number of benzene rings is 2. The van der Waals surface area contributed by atoms with Crippen molar-refractivity contribution in [1.29, 1.82) is 0 Å². The van der Waals surface area contributed by atoms with Crippen LogP contribution >= 0.6 is 11.6 Å². The molecular weight excluding hydrogens is 642 g/mol. The quantitative estimate of drug-likeness (QED) is 0.217. The molecule has 240 valence electrons. The van der Waals surface area contributed by atoms with Crippen molar-refractivity contribution in [3.05, 3.63) is 81.9 Å². The Labute approximate surface area is 260 Å². The van der Waals surface area contributed by atoms with E-state index in [0.29, 0.717) is 16.6 Å². The second-order valence-corrected chi connectivity index (χ2v) is 13.0. The molecule has 45 heavy (non-hydrogen) atoms. The summed E-state index contributed by atoms with van der Waals surface area (Å²) in [6, 6.07) is 9.54. The Balaban J connectivity index is 1.84. The molecule has 0 unspecified atom stereocenters. The number of halogens is 5. The molecule has 4 rings (SSSR count). The number of fused-ring (bicyclic) bond motifs is 1. The van der Waals surface area contributed by atoms with Gasteiger partial charge in [-0.25, -0.2) is 22.5 Å². The monoisotopic (exact) mass is 669 g/mol. The maximum absolute atomic E-state index is 14.7. The number of alkyl halides is 3. The molecule has 3 N–H and O–H groups in total. The molecule has 0 saturated heterocycles. The van der Waals surface area contributed by atoms with Crippen molar-refractivity contribution >= 4 is 38.4 Å². The third-order valence-electron chi connectivity index (χ3n) is 6.85. The van der Waals surface area contributed by atoms with Gasteiger partial charge in [-0.3, -0.25) is 4.79 Å². The highest BCUT2D eigenvalue weighted by Gasteiger charge is 2.57. The number of carbonyl (C=O) groups is 1. The van der Waals surface area contributed by atoms with E-state index in [0.717, 1.165) is 24.5 Å². The standard InChI is InChI=1S/C29H28ClF4N5O5S/c1-15-10-17-11-18(12-21(44-4)24(17)38-37-15)26(40)35-14-28(41,29(32,33)34)22-13-20(27(2,3)39-45(5,42)43)23(30)25(36-22)16-6-8-19(31)9-7-16/h6-13,39,41H,14H2,1-5H3,(H,35,40)/t28-/m1/s1. The first-order chi connectivity index (χ1) is 20.8. The van der Waals surface area contributed by atoms with Gasteiger partial charge in [0.1, 0.15) is 17.1 Å². The van der Waals surface area contributed by atoms with Gasteiger partial charge in [-0.05, 0) is 74.9 Å². The zero-order valence-corrected chi connectivity index (χ0v) is 26.1. The van der Waals surface area contributed by atoms with Crippen LogP contribution in [0.25, 0.3) is 22.2 Å². The van der Waals surface area contributed by atoms with Crippen LogP contribution < -0.4 is 14.8 Å². The first kappa shape index (κ1) is 34.0. The summed E-state index contributed by atoms with van der Waals surface area (Å²) in [6.07, 6.45) is -4.57. The van der Waals surface area contributed by atoms with Crippen LogP contribution in [0.2, 0.25) is 5.02 Å². The molecule has 10 nitrogen and oxygen atoms in total. The minimum atomic E-state index is -5.42. The normalized spacial score (nSPS) is 13.8. The van der Waals surface area contributed by atoms with Crippen molar-refractivity contribution in [3.63, 3.8) is 0 Å². The van der Waals surface area contributed by atoms with Crippen LogP contribution in [0, 0.1) is 12.7 Å². The number of ether oxygens (including phenoxy) is 1. The predicted octanol–water partition coefficient (Wildman–Crippen LogP) is 4.77. The van der Waals surface area contributed by atoms with E-state index in [2.05, 4.69) is 25.2 Å². The molecule has 1 amide bonds. The molecule has 16 heteroatoms. The number of nitrogens with one attached hydrogen (secondary N) is 2.